The smallest absolute Gasteiger partial charge is 0.248 e. The Morgan fingerprint density at radius 1 is 1.28 bits per heavy atom. The lowest BCUT2D eigenvalue weighted by molar-refractivity contribution is 0.1000. The van der Waals surface area contributed by atoms with E-state index in [0.717, 1.165) is 23.2 Å². The normalized spacial score (nSPS) is 23.5. The van der Waals surface area contributed by atoms with Gasteiger partial charge in [0.15, 0.2) is 11.5 Å². The second-order valence-corrected chi connectivity index (χ2v) is 6.54. The minimum atomic E-state index is -0.422. The number of primary amides is 1. The number of allylic oxidation sites excluding steroid dienone is 2. The Labute approximate surface area is 146 Å². The van der Waals surface area contributed by atoms with E-state index >= 15 is 0 Å². The van der Waals surface area contributed by atoms with Crippen LogP contribution in [0, 0.1) is 5.92 Å². The lowest BCUT2D eigenvalue weighted by Gasteiger charge is -2.38. The molecule has 25 heavy (non-hydrogen) atoms. The Bertz CT molecular complexity index is 875. The van der Waals surface area contributed by atoms with E-state index in [1.807, 2.05) is 24.3 Å². The summed E-state index contributed by atoms with van der Waals surface area (Å²) in [7, 11) is 1.55. The molecule has 0 fully saturated rings. The molecule has 0 spiro atoms. The minimum Gasteiger partial charge on any atom is -0.504 e. The number of hydrogen-bond donors (Lipinski definition) is 3. The molecule has 128 valence electrons. The number of fused-ring (bicyclic) bond motifs is 3. The maximum absolute atomic E-state index is 11.5. The van der Waals surface area contributed by atoms with Crippen LogP contribution in [0.3, 0.4) is 0 Å². The number of nitrogens with two attached hydrogens (primary N) is 1. The summed E-state index contributed by atoms with van der Waals surface area (Å²) >= 11 is 0. The molecule has 0 radical (unpaired) electrons. The van der Waals surface area contributed by atoms with Crippen LogP contribution in [-0.2, 0) is 0 Å². The van der Waals surface area contributed by atoms with Crippen LogP contribution in [0.5, 0.6) is 11.5 Å². The van der Waals surface area contributed by atoms with Gasteiger partial charge in [-0.2, -0.15) is 0 Å². The number of anilines is 1. The molecule has 4 N–H and O–H groups in total. The summed E-state index contributed by atoms with van der Waals surface area (Å²) in [6.45, 7) is 0. The van der Waals surface area contributed by atoms with Gasteiger partial charge in [0.25, 0.3) is 0 Å². The highest BCUT2D eigenvalue weighted by Crippen LogP contribution is 2.52. The number of carbonyl (C=O) groups excluding carboxylic acids is 1. The van der Waals surface area contributed by atoms with E-state index in [4.69, 9.17) is 10.5 Å². The van der Waals surface area contributed by atoms with Crippen LogP contribution in [0.1, 0.15) is 39.9 Å². The number of benzene rings is 2. The lowest BCUT2D eigenvalue weighted by atomic mass is 9.76. The number of methoxy groups -OCH3 is 1. The summed E-state index contributed by atoms with van der Waals surface area (Å²) in [6.07, 6.45) is 5.24. The highest BCUT2D eigenvalue weighted by Gasteiger charge is 2.39. The number of nitrogens with one attached hydrogen (secondary N) is 1. The Balaban J connectivity index is 1.80. The number of ether oxygens (including phenoxy) is 1. The third-order valence-electron chi connectivity index (χ3n) is 5.23. The van der Waals surface area contributed by atoms with Gasteiger partial charge in [0, 0.05) is 22.7 Å². The van der Waals surface area contributed by atoms with Gasteiger partial charge >= 0.3 is 0 Å². The summed E-state index contributed by atoms with van der Waals surface area (Å²) in [5.74, 6) is 0.663. The minimum absolute atomic E-state index is 0.0398. The number of phenols is 1. The first kappa shape index (κ1) is 15.6. The number of hydrogen-bond acceptors (Lipinski definition) is 4. The molecule has 1 aliphatic carbocycles. The number of phenolic OH excluding ortho intramolecular Hbond substituents is 1. The zero-order valence-corrected chi connectivity index (χ0v) is 13.9. The average molecular weight is 336 g/mol. The fourth-order valence-electron chi connectivity index (χ4n) is 4.01. The molecule has 4 rings (SSSR count). The molecule has 5 nitrogen and oxygen atoms in total. The number of rotatable bonds is 3. The fourth-order valence-corrected chi connectivity index (χ4v) is 4.01. The first-order valence-electron chi connectivity index (χ1n) is 8.33. The molecule has 0 saturated carbocycles. The van der Waals surface area contributed by atoms with Crippen molar-refractivity contribution in [3.05, 3.63) is 65.2 Å². The molecular formula is C20H20N2O3. The topological polar surface area (TPSA) is 84.6 Å². The molecule has 2 aliphatic rings. The highest BCUT2D eigenvalue weighted by molar-refractivity contribution is 5.93. The molecule has 3 atom stereocenters. The zero-order chi connectivity index (χ0) is 17.6. The van der Waals surface area contributed by atoms with Gasteiger partial charge in [-0.3, -0.25) is 4.79 Å². The van der Waals surface area contributed by atoms with Crippen LogP contribution in [0.25, 0.3) is 0 Å². The van der Waals surface area contributed by atoms with Crippen molar-refractivity contribution in [3.63, 3.8) is 0 Å². The van der Waals surface area contributed by atoms with Gasteiger partial charge < -0.3 is 20.9 Å². The maximum Gasteiger partial charge on any atom is 0.248 e. The number of para-hydroxylation sites is 1. The standard InChI is InChI=1S/C20H20N2O3/c1-25-17-7-3-6-14(19(17)23)18-13-5-2-4-12(13)15-10-11(20(21)24)8-9-16(15)22-18/h2-4,6-10,12-13,18,22-23H,5H2,1H3,(H2,21,24). The second kappa shape index (κ2) is 5.84. The van der Waals surface area contributed by atoms with Crippen molar-refractivity contribution in [3.8, 4) is 11.5 Å². The summed E-state index contributed by atoms with van der Waals surface area (Å²) in [5.41, 5.74) is 8.81. The van der Waals surface area contributed by atoms with Gasteiger partial charge in [0.05, 0.1) is 13.2 Å². The number of aromatic hydroxyl groups is 1. The van der Waals surface area contributed by atoms with Crippen LogP contribution in [0.15, 0.2) is 48.6 Å². The quantitative estimate of drug-likeness (QED) is 0.751. The van der Waals surface area contributed by atoms with Crippen LogP contribution in [0.4, 0.5) is 5.69 Å². The average Bonchev–Trinajstić information content (AvgIpc) is 3.11. The van der Waals surface area contributed by atoms with Gasteiger partial charge in [-0.25, -0.2) is 0 Å². The van der Waals surface area contributed by atoms with Crippen molar-refractivity contribution >= 4 is 11.6 Å². The van der Waals surface area contributed by atoms with Crippen molar-refractivity contribution in [2.75, 3.05) is 12.4 Å². The molecule has 5 heteroatoms. The molecule has 0 saturated heterocycles. The molecule has 1 amide bonds. The highest BCUT2D eigenvalue weighted by atomic mass is 16.5. The van der Waals surface area contributed by atoms with Crippen molar-refractivity contribution in [2.45, 2.75) is 18.4 Å². The second-order valence-electron chi connectivity index (χ2n) is 6.54. The first-order valence-corrected chi connectivity index (χ1v) is 8.33. The van der Waals surface area contributed by atoms with E-state index < -0.39 is 5.91 Å². The van der Waals surface area contributed by atoms with Crippen molar-refractivity contribution < 1.29 is 14.6 Å². The SMILES string of the molecule is COc1cccc(C2Nc3ccc(C(N)=O)cc3C3C=CCC32)c1O. The predicted octanol–water partition coefficient (Wildman–Crippen LogP) is 3.33. The van der Waals surface area contributed by atoms with E-state index in [1.54, 1.807) is 19.2 Å². The molecule has 0 bridgehead atoms. The van der Waals surface area contributed by atoms with Crippen LogP contribution < -0.4 is 15.8 Å². The molecule has 2 aromatic carbocycles. The van der Waals surface area contributed by atoms with Gasteiger partial charge in [-0.15, -0.1) is 0 Å². The molecule has 1 aliphatic heterocycles. The van der Waals surface area contributed by atoms with Crippen LogP contribution in [0.2, 0.25) is 0 Å². The van der Waals surface area contributed by atoms with E-state index in [1.165, 1.54) is 0 Å². The lowest BCUT2D eigenvalue weighted by Crippen LogP contribution is -2.29. The summed E-state index contributed by atoms with van der Waals surface area (Å²) in [5, 5.41) is 14.1. The first-order chi connectivity index (χ1) is 12.1. The van der Waals surface area contributed by atoms with E-state index in [2.05, 4.69) is 17.5 Å². The van der Waals surface area contributed by atoms with E-state index in [0.29, 0.717) is 11.3 Å². The Morgan fingerprint density at radius 2 is 2.12 bits per heavy atom. The maximum atomic E-state index is 11.5. The molecular weight excluding hydrogens is 316 g/mol. The Morgan fingerprint density at radius 3 is 2.88 bits per heavy atom. The largest absolute Gasteiger partial charge is 0.504 e. The zero-order valence-electron chi connectivity index (χ0n) is 13.9. The molecule has 0 aromatic heterocycles. The van der Waals surface area contributed by atoms with Crippen molar-refractivity contribution in [2.24, 2.45) is 11.7 Å². The van der Waals surface area contributed by atoms with Gasteiger partial charge in [-0.05, 0) is 42.2 Å². The van der Waals surface area contributed by atoms with Gasteiger partial charge in [0.1, 0.15) is 0 Å². The van der Waals surface area contributed by atoms with E-state index in [9.17, 15) is 9.90 Å². The number of carbonyl (C=O) groups is 1. The summed E-state index contributed by atoms with van der Waals surface area (Å²) in [6, 6.07) is 11.0. The summed E-state index contributed by atoms with van der Waals surface area (Å²) < 4.78 is 5.25. The molecule has 3 unspecified atom stereocenters. The van der Waals surface area contributed by atoms with Crippen LogP contribution in [-0.4, -0.2) is 18.1 Å². The fraction of sp³-hybridized carbons (Fsp3) is 0.250. The Hall–Kier alpha value is -2.95. The molecule has 1 heterocycles. The van der Waals surface area contributed by atoms with E-state index in [-0.39, 0.29) is 23.6 Å². The third-order valence-corrected chi connectivity index (χ3v) is 5.23. The predicted molar refractivity (Wildman–Crippen MR) is 96.0 cm³/mol. The van der Waals surface area contributed by atoms with Crippen molar-refractivity contribution in [1.82, 2.24) is 0 Å². The monoisotopic (exact) mass is 336 g/mol. The molecule has 2 aromatic rings. The third kappa shape index (κ3) is 2.43. The van der Waals surface area contributed by atoms with Crippen molar-refractivity contribution in [1.29, 1.82) is 0 Å². The van der Waals surface area contributed by atoms with Crippen LogP contribution >= 0.6 is 0 Å². The van der Waals surface area contributed by atoms with Gasteiger partial charge in [0.2, 0.25) is 5.91 Å². The summed E-state index contributed by atoms with van der Waals surface area (Å²) in [4.78, 5) is 11.5. The van der Waals surface area contributed by atoms with Gasteiger partial charge in [-0.1, -0.05) is 24.3 Å². The number of amides is 1. The Kier molecular flexibility index (Phi) is 3.64.